The number of carbonyl (C=O) groups excluding carboxylic acids is 1. The number of benzene rings is 1. The highest BCUT2D eigenvalue weighted by Gasteiger charge is 2.42. The van der Waals surface area contributed by atoms with Crippen molar-refractivity contribution < 1.29 is 9.53 Å². The second-order valence-corrected chi connectivity index (χ2v) is 7.60. The number of amides is 1. The van der Waals surface area contributed by atoms with E-state index in [1.165, 1.54) is 5.56 Å². The van der Waals surface area contributed by atoms with Crippen molar-refractivity contribution in [3.05, 3.63) is 46.8 Å². The first-order valence-electron chi connectivity index (χ1n) is 9.37. The van der Waals surface area contributed by atoms with Crippen LogP contribution < -0.4 is 5.32 Å². The van der Waals surface area contributed by atoms with Crippen molar-refractivity contribution in [2.24, 2.45) is 0 Å². The standard InChI is InChI=1S/C21H29N3O2/c1-14(2)24-17(5)19(16(4)23-24)22-20(25)21(10-12-26-13-11-21)18-8-6-15(3)7-9-18/h6-9,14H,10-13H2,1-5H3,(H,22,25). The second kappa shape index (κ2) is 7.23. The van der Waals surface area contributed by atoms with E-state index < -0.39 is 5.41 Å². The van der Waals surface area contributed by atoms with Crippen LogP contribution in [-0.4, -0.2) is 28.9 Å². The molecule has 3 rings (SSSR count). The van der Waals surface area contributed by atoms with Gasteiger partial charge in [0.2, 0.25) is 5.91 Å². The summed E-state index contributed by atoms with van der Waals surface area (Å²) >= 11 is 0. The molecule has 1 aliphatic heterocycles. The summed E-state index contributed by atoms with van der Waals surface area (Å²) in [7, 11) is 0. The summed E-state index contributed by atoms with van der Waals surface area (Å²) in [5, 5.41) is 7.79. The largest absolute Gasteiger partial charge is 0.381 e. The molecule has 0 aliphatic carbocycles. The number of nitrogens with one attached hydrogen (secondary N) is 1. The Balaban J connectivity index is 1.96. The van der Waals surface area contributed by atoms with E-state index in [1.807, 2.05) is 18.5 Å². The number of aromatic nitrogens is 2. The van der Waals surface area contributed by atoms with E-state index in [4.69, 9.17) is 4.74 Å². The molecule has 0 atom stereocenters. The zero-order chi connectivity index (χ0) is 18.9. The highest BCUT2D eigenvalue weighted by atomic mass is 16.5. The molecule has 0 unspecified atom stereocenters. The van der Waals surface area contributed by atoms with Gasteiger partial charge in [-0.25, -0.2) is 0 Å². The second-order valence-electron chi connectivity index (χ2n) is 7.60. The molecule has 0 spiro atoms. The fourth-order valence-corrected chi connectivity index (χ4v) is 3.82. The van der Waals surface area contributed by atoms with Crippen molar-refractivity contribution in [3.63, 3.8) is 0 Å². The first-order valence-corrected chi connectivity index (χ1v) is 9.37. The van der Waals surface area contributed by atoms with Crippen LogP contribution in [0.25, 0.3) is 0 Å². The molecule has 1 aromatic heterocycles. The molecular formula is C21H29N3O2. The maximum atomic E-state index is 13.5. The Morgan fingerprint density at radius 2 is 1.77 bits per heavy atom. The summed E-state index contributed by atoms with van der Waals surface area (Å²) in [6.07, 6.45) is 1.39. The third-order valence-electron chi connectivity index (χ3n) is 5.44. The van der Waals surface area contributed by atoms with Crippen LogP contribution in [0.15, 0.2) is 24.3 Å². The van der Waals surface area contributed by atoms with Crippen molar-refractivity contribution in [3.8, 4) is 0 Å². The van der Waals surface area contributed by atoms with Crippen molar-refractivity contribution in [1.82, 2.24) is 9.78 Å². The van der Waals surface area contributed by atoms with E-state index in [1.54, 1.807) is 0 Å². The van der Waals surface area contributed by atoms with Crippen LogP contribution in [-0.2, 0) is 14.9 Å². The maximum Gasteiger partial charge on any atom is 0.235 e. The fourth-order valence-electron chi connectivity index (χ4n) is 3.82. The van der Waals surface area contributed by atoms with Crippen LogP contribution in [0.1, 0.15) is 55.2 Å². The van der Waals surface area contributed by atoms with Crippen molar-refractivity contribution in [1.29, 1.82) is 0 Å². The van der Waals surface area contributed by atoms with Gasteiger partial charge in [-0.2, -0.15) is 5.10 Å². The van der Waals surface area contributed by atoms with E-state index in [9.17, 15) is 4.79 Å². The minimum absolute atomic E-state index is 0.0409. The molecule has 1 N–H and O–H groups in total. The summed E-state index contributed by atoms with van der Waals surface area (Å²) < 4.78 is 7.52. The van der Waals surface area contributed by atoms with Crippen LogP contribution in [0.2, 0.25) is 0 Å². The van der Waals surface area contributed by atoms with Gasteiger partial charge >= 0.3 is 0 Å². The number of anilines is 1. The van der Waals surface area contributed by atoms with Crippen LogP contribution in [0.3, 0.4) is 0 Å². The quantitative estimate of drug-likeness (QED) is 0.899. The topological polar surface area (TPSA) is 56.2 Å². The summed E-state index contributed by atoms with van der Waals surface area (Å²) in [5.74, 6) is 0.0409. The molecule has 1 amide bonds. The van der Waals surface area contributed by atoms with E-state index >= 15 is 0 Å². The van der Waals surface area contributed by atoms with E-state index in [2.05, 4.69) is 55.5 Å². The number of aryl methyl sites for hydroxylation is 2. The van der Waals surface area contributed by atoms with Gasteiger partial charge in [0.05, 0.1) is 22.5 Å². The van der Waals surface area contributed by atoms with Gasteiger partial charge in [0.1, 0.15) is 0 Å². The smallest absolute Gasteiger partial charge is 0.235 e. The number of hydrogen-bond acceptors (Lipinski definition) is 3. The average Bonchev–Trinajstić information content (AvgIpc) is 2.91. The number of ether oxygens (including phenoxy) is 1. The Bertz CT molecular complexity index is 784. The summed E-state index contributed by atoms with van der Waals surface area (Å²) in [6, 6.07) is 8.57. The van der Waals surface area contributed by atoms with Crippen molar-refractivity contribution in [2.45, 2.75) is 58.9 Å². The van der Waals surface area contributed by atoms with E-state index in [0.717, 1.165) is 22.6 Å². The van der Waals surface area contributed by atoms with Gasteiger partial charge < -0.3 is 10.1 Å². The number of nitrogens with zero attached hydrogens (tertiary/aromatic N) is 2. The predicted molar refractivity (Wildman–Crippen MR) is 104 cm³/mol. The van der Waals surface area contributed by atoms with Crippen LogP contribution in [0, 0.1) is 20.8 Å². The molecule has 26 heavy (non-hydrogen) atoms. The molecule has 2 heterocycles. The van der Waals surface area contributed by atoms with Crippen LogP contribution >= 0.6 is 0 Å². The number of hydrogen-bond donors (Lipinski definition) is 1. The highest BCUT2D eigenvalue weighted by molar-refractivity contribution is 6.00. The third kappa shape index (κ3) is 3.28. The molecule has 1 saturated heterocycles. The molecule has 2 aromatic rings. The summed E-state index contributed by atoms with van der Waals surface area (Å²) in [4.78, 5) is 13.5. The molecular weight excluding hydrogens is 326 g/mol. The minimum atomic E-state index is -0.551. The Kier molecular flexibility index (Phi) is 5.19. The number of carbonyl (C=O) groups is 1. The zero-order valence-electron chi connectivity index (χ0n) is 16.4. The molecule has 5 nitrogen and oxygen atoms in total. The number of rotatable bonds is 4. The van der Waals surface area contributed by atoms with Crippen LogP contribution in [0.4, 0.5) is 5.69 Å². The molecule has 140 valence electrons. The summed E-state index contributed by atoms with van der Waals surface area (Å²) in [5.41, 5.74) is 4.40. The molecule has 5 heteroatoms. The van der Waals surface area contributed by atoms with Gasteiger partial charge in [0.15, 0.2) is 0 Å². The predicted octanol–water partition coefficient (Wildman–Crippen LogP) is 4.08. The van der Waals surface area contributed by atoms with Gasteiger partial charge in [0, 0.05) is 19.3 Å². The molecule has 0 radical (unpaired) electrons. The van der Waals surface area contributed by atoms with Gasteiger partial charge in [-0.1, -0.05) is 29.8 Å². The van der Waals surface area contributed by atoms with Crippen LogP contribution in [0.5, 0.6) is 0 Å². The van der Waals surface area contributed by atoms with Gasteiger partial charge in [0.25, 0.3) is 0 Å². The Morgan fingerprint density at radius 3 is 2.31 bits per heavy atom. The van der Waals surface area contributed by atoms with Gasteiger partial charge in [-0.3, -0.25) is 9.48 Å². The van der Waals surface area contributed by atoms with Gasteiger partial charge in [-0.05, 0) is 53.0 Å². The normalized spacial score (nSPS) is 16.7. The third-order valence-corrected chi connectivity index (χ3v) is 5.44. The lowest BCUT2D eigenvalue weighted by molar-refractivity contribution is -0.125. The minimum Gasteiger partial charge on any atom is -0.381 e. The maximum absolute atomic E-state index is 13.5. The lowest BCUT2D eigenvalue weighted by Gasteiger charge is -2.36. The Hall–Kier alpha value is -2.14. The molecule has 0 saturated carbocycles. The lowest BCUT2D eigenvalue weighted by atomic mass is 9.73. The Morgan fingerprint density at radius 1 is 1.15 bits per heavy atom. The molecule has 1 aromatic carbocycles. The van der Waals surface area contributed by atoms with E-state index in [-0.39, 0.29) is 11.9 Å². The first-order chi connectivity index (χ1) is 12.3. The SMILES string of the molecule is Cc1ccc(C2(C(=O)Nc3c(C)nn(C(C)C)c3C)CCOCC2)cc1. The highest BCUT2D eigenvalue weighted by Crippen LogP contribution is 2.37. The molecule has 1 aliphatic rings. The lowest BCUT2D eigenvalue weighted by Crippen LogP contribution is -2.45. The summed E-state index contributed by atoms with van der Waals surface area (Å²) in [6.45, 7) is 11.4. The van der Waals surface area contributed by atoms with E-state index in [0.29, 0.717) is 26.1 Å². The first kappa shape index (κ1) is 18.6. The molecule has 1 fully saturated rings. The zero-order valence-corrected chi connectivity index (χ0v) is 16.4. The monoisotopic (exact) mass is 355 g/mol. The van der Waals surface area contributed by atoms with Crippen molar-refractivity contribution >= 4 is 11.6 Å². The molecule has 0 bridgehead atoms. The van der Waals surface area contributed by atoms with Crippen molar-refractivity contribution in [2.75, 3.05) is 18.5 Å². The van der Waals surface area contributed by atoms with Gasteiger partial charge in [-0.15, -0.1) is 0 Å². The average molecular weight is 355 g/mol. The Labute approximate surface area is 155 Å². The fraction of sp³-hybridized carbons (Fsp3) is 0.524.